The van der Waals surface area contributed by atoms with Crippen LogP contribution in [0.1, 0.15) is 37.0 Å². The van der Waals surface area contributed by atoms with Gasteiger partial charge in [-0.1, -0.05) is 42.5 Å². The number of hydrogen-bond donors (Lipinski definition) is 3. The summed E-state index contributed by atoms with van der Waals surface area (Å²) in [7, 11) is 1.86. The minimum atomic E-state index is -0.959. The number of hydrogen-bond acceptors (Lipinski definition) is 8. The number of likely N-dealkylation sites (tertiary alicyclic amines) is 1. The van der Waals surface area contributed by atoms with E-state index in [9.17, 15) is 9.59 Å². The van der Waals surface area contributed by atoms with E-state index in [1.165, 1.54) is 5.56 Å². The first-order valence-electron chi connectivity index (χ1n) is 14.7. The van der Waals surface area contributed by atoms with Crippen molar-refractivity contribution >= 4 is 23.5 Å². The molecule has 3 heterocycles. The van der Waals surface area contributed by atoms with Crippen LogP contribution in [0.2, 0.25) is 0 Å². The summed E-state index contributed by atoms with van der Waals surface area (Å²) >= 11 is 0. The number of aromatic nitrogens is 4. The van der Waals surface area contributed by atoms with Gasteiger partial charge in [0.1, 0.15) is 6.04 Å². The molecule has 11 nitrogen and oxygen atoms in total. The number of carbonyl (C=O) groups is 2. The van der Waals surface area contributed by atoms with Crippen molar-refractivity contribution in [3.63, 3.8) is 0 Å². The van der Waals surface area contributed by atoms with E-state index < -0.39 is 12.0 Å². The van der Waals surface area contributed by atoms with E-state index >= 15 is 0 Å². The van der Waals surface area contributed by atoms with E-state index in [4.69, 9.17) is 15.6 Å². The lowest BCUT2D eigenvalue weighted by atomic mass is 9.99. The summed E-state index contributed by atoms with van der Waals surface area (Å²) in [5.74, 6) is -0.241. The smallest absolute Gasteiger partial charge is 0.320 e. The zero-order chi connectivity index (χ0) is 31.6. The summed E-state index contributed by atoms with van der Waals surface area (Å²) in [6, 6.07) is 16.7. The quantitative estimate of drug-likeness (QED) is 0.231. The van der Waals surface area contributed by atoms with Crippen LogP contribution in [0.5, 0.6) is 0 Å². The van der Waals surface area contributed by atoms with E-state index in [1.807, 2.05) is 68.4 Å². The van der Waals surface area contributed by atoms with Crippen molar-refractivity contribution in [1.29, 1.82) is 0 Å². The number of carboxylic acids is 1. The molecule has 5 rings (SSSR count). The fourth-order valence-electron chi connectivity index (χ4n) is 4.80. The first-order valence-corrected chi connectivity index (χ1v) is 14.7. The third kappa shape index (κ3) is 9.45. The number of nitrogens with zero attached hydrogens (tertiary/aromatic N) is 5. The molecule has 2 aromatic heterocycles. The standard InChI is InChI=1S/C24H30N6O2.C9H11NO2/c1-16(2)32-21-14-30(15-21)23(31)8-7-18-5-6-19(11-17(18)3)22-9-10-25-24(28-22)27-20-12-26-29(4)13-20;10-8(9(11)12)6-7-4-2-1-3-5-7/h5-6,9-13,16,21H,7-8,14-15H2,1-4H3,(H,25,27,28);1-5,8H,6,10H2,(H,11,12)/t;8-/m.0/s1. The maximum absolute atomic E-state index is 12.5. The van der Waals surface area contributed by atoms with Crippen LogP contribution in [0.4, 0.5) is 11.6 Å². The molecule has 4 N–H and O–H groups in total. The van der Waals surface area contributed by atoms with E-state index in [2.05, 4.69) is 45.5 Å². The topological polar surface area (TPSA) is 148 Å². The van der Waals surface area contributed by atoms with Gasteiger partial charge in [0.25, 0.3) is 0 Å². The van der Waals surface area contributed by atoms with Crippen molar-refractivity contribution in [2.24, 2.45) is 12.8 Å². The summed E-state index contributed by atoms with van der Waals surface area (Å²) in [6.45, 7) is 7.54. The number of nitrogens with one attached hydrogen (secondary N) is 1. The molecular weight excluding hydrogens is 558 g/mol. The van der Waals surface area contributed by atoms with Crippen molar-refractivity contribution in [3.8, 4) is 11.3 Å². The summed E-state index contributed by atoms with van der Waals surface area (Å²) in [5, 5.41) is 15.8. The van der Waals surface area contributed by atoms with Gasteiger partial charge in [-0.2, -0.15) is 5.10 Å². The molecule has 0 radical (unpaired) electrons. The summed E-state index contributed by atoms with van der Waals surface area (Å²) in [6.07, 6.45) is 7.36. The van der Waals surface area contributed by atoms with Crippen molar-refractivity contribution in [2.75, 3.05) is 18.4 Å². The van der Waals surface area contributed by atoms with E-state index in [0.29, 0.717) is 31.9 Å². The zero-order valence-corrected chi connectivity index (χ0v) is 25.7. The molecule has 44 heavy (non-hydrogen) atoms. The number of ether oxygens (including phenoxy) is 1. The molecule has 232 valence electrons. The van der Waals surface area contributed by atoms with Crippen molar-refractivity contribution in [2.45, 2.75) is 58.3 Å². The lowest BCUT2D eigenvalue weighted by Crippen LogP contribution is -2.55. The lowest BCUT2D eigenvalue weighted by Gasteiger charge is -2.40. The Labute approximate surface area is 258 Å². The van der Waals surface area contributed by atoms with Gasteiger partial charge in [-0.05, 0) is 62.4 Å². The Bertz CT molecular complexity index is 1530. The molecule has 0 aliphatic carbocycles. The SMILES string of the molecule is Cc1cc(-c2ccnc(Nc3cnn(C)c3)n2)ccc1CCC(=O)N1CC(OC(C)C)C1.N[C@@H](Cc1ccccc1)C(=O)O. The van der Waals surface area contributed by atoms with Crippen LogP contribution >= 0.6 is 0 Å². The number of aryl methyl sites for hydroxylation is 3. The highest BCUT2D eigenvalue weighted by Gasteiger charge is 2.31. The van der Waals surface area contributed by atoms with Gasteiger partial charge in [-0.3, -0.25) is 14.3 Å². The highest BCUT2D eigenvalue weighted by Crippen LogP contribution is 2.24. The Balaban J connectivity index is 0.000000309. The predicted molar refractivity (Wildman–Crippen MR) is 169 cm³/mol. The first-order chi connectivity index (χ1) is 21.1. The second kappa shape index (κ2) is 15.2. The number of rotatable bonds is 11. The molecule has 1 aliphatic rings. The zero-order valence-electron chi connectivity index (χ0n) is 25.7. The van der Waals surface area contributed by atoms with Crippen LogP contribution in [-0.2, 0) is 34.2 Å². The molecule has 0 saturated carbocycles. The molecule has 2 aromatic carbocycles. The number of anilines is 2. The highest BCUT2D eigenvalue weighted by molar-refractivity contribution is 5.77. The minimum Gasteiger partial charge on any atom is -0.480 e. The maximum atomic E-state index is 12.5. The summed E-state index contributed by atoms with van der Waals surface area (Å²) < 4.78 is 7.45. The van der Waals surface area contributed by atoms with Crippen LogP contribution < -0.4 is 11.1 Å². The first kappa shape index (κ1) is 32.3. The second-order valence-electron chi connectivity index (χ2n) is 11.2. The van der Waals surface area contributed by atoms with E-state index in [-0.39, 0.29) is 18.1 Å². The molecule has 1 aliphatic heterocycles. The Morgan fingerprint density at radius 1 is 1.14 bits per heavy atom. The number of amides is 1. The number of aliphatic carboxylic acids is 1. The Kier molecular flexibility index (Phi) is 11.2. The molecule has 1 fully saturated rings. The van der Waals surface area contributed by atoms with Gasteiger partial charge in [0.2, 0.25) is 11.9 Å². The monoisotopic (exact) mass is 599 g/mol. The van der Waals surface area contributed by atoms with Gasteiger partial charge in [0, 0.05) is 44.5 Å². The summed E-state index contributed by atoms with van der Waals surface area (Å²) in [5.41, 5.74) is 11.3. The molecule has 0 spiro atoms. The van der Waals surface area contributed by atoms with Crippen molar-refractivity contribution in [1.82, 2.24) is 24.6 Å². The van der Waals surface area contributed by atoms with Crippen LogP contribution in [-0.4, -0.2) is 73.0 Å². The van der Waals surface area contributed by atoms with Gasteiger partial charge in [0.15, 0.2) is 0 Å². The molecule has 0 unspecified atom stereocenters. The normalized spacial score (nSPS) is 13.5. The predicted octanol–water partition coefficient (Wildman–Crippen LogP) is 4.14. The molecule has 1 atom stereocenters. The van der Waals surface area contributed by atoms with Gasteiger partial charge >= 0.3 is 5.97 Å². The average molecular weight is 600 g/mol. The van der Waals surface area contributed by atoms with Gasteiger partial charge < -0.3 is 25.8 Å². The molecule has 0 bridgehead atoms. The number of carboxylic acid groups (broad SMARTS) is 1. The molecular formula is C33H41N7O4. The molecule has 1 amide bonds. The largest absolute Gasteiger partial charge is 0.480 e. The number of benzene rings is 2. The van der Waals surface area contributed by atoms with Crippen LogP contribution in [0.25, 0.3) is 11.3 Å². The minimum absolute atomic E-state index is 0.186. The van der Waals surface area contributed by atoms with Gasteiger partial charge in [-0.15, -0.1) is 0 Å². The van der Waals surface area contributed by atoms with Crippen molar-refractivity contribution < 1.29 is 19.4 Å². The average Bonchev–Trinajstić information content (AvgIpc) is 3.38. The third-order valence-corrected chi connectivity index (χ3v) is 7.14. The van der Waals surface area contributed by atoms with E-state index in [0.717, 1.165) is 34.5 Å². The van der Waals surface area contributed by atoms with Crippen molar-refractivity contribution in [3.05, 3.63) is 89.9 Å². The second-order valence-corrected chi connectivity index (χ2v) is 11.2. The number of carbonyl (C=O) groups excluding carboxylic acids is 1. The third-order valence-electron chi connectivity index (χ3n) is 7.14. The molecule has 4 aromatic rings. The fraction of sp³-hybridized carbons (Fsp3) is 0.364. The molecule has 11 heteroatoms. The number of nitrogens with two attached hydrogens (primary N) is 1. The fourth-order valence-corrected chi connectivity index (χ4v) is 4.80. The highest BCUT2D eigenvalue weighted by atomic mass is 16.5. The lowest BCUT2D eigenvalue weighted by molar-refractivity contribution is -0.148. The molecule has 1 saturated heterocycles. The summed E-state index contributed by atoms with van der Waals surface area (Å²) in [4.78, 5) is 33.7. The van der Waals surface area contributed by atoms with Crippen LogP contribution in [0, 0.1) is 6.92 Å². The van der Waals surface area contributed by atoms with Crippen LogP contribution in [0.3, 0.4) is 0 Å². The van der Waals surface area contributed by atoms with Crippen LogP contribution in [0.15, 0.2) is 73.2 Å². The van der Waals surface area contributed by atoms with Gasteiger partial charge in [-0.25, -0.2) is 9.97 Å². The van der Waals surface area contributed by atoms with Gasteiger partial charge in [0.05, 0.1) is 29.8 Å². The Morgan fingerprint density at radius 3 is 2.52 bits per heavy atom. The Hall–Kier alpha value is -4.61. The van der Waals surface area contributed by atoms with E-state index in [1.54, 1.807) is 17.1 Å². The Morgan fingerprint density at radius 2 is 1.89 bits per heavy atom. The maximum Gasteiger partial charge on any atom is 0.320 e.